The average Bonchev–Trinajstić information content (AvgIpc) is 2.00. The summed E-state index contributed by atoms with van der Waals surface area (Å²) in [6.07, 6.45) is 4.27. The highest BCUT2D eigenvalue weighted by molar-refractivity contribution is 5.69. The molecule has 82 valence electrons. The van der Waals surface area contributed by atoms with E-state index < -0.39 is 11.7 Å². The summed E-state index contributed by atoms with van der Waals surface area (Å²) in [6.45, 7) is 7.54. The number of nitrogens with zero attached hydrogens (tertiary/aromatic N) is 1. The molecule has 4 nitrogen and oxygen atoms in total. The molecule has 0 aromatic carbocycles. The Morgan fingerprint density at radius 1 is 1.50 bits per heavy atom. The van der Waals surface area contributed by atoms with Gasteiger partial charge in [0.25, 0.3) is 0 Å². The third-order valence-corrected chi connectivity index (χ3v) is 1.33. The first-order valence-electron chi connectivity index (χ1n) is 4.96. The number of carbonyl (C=O) groups excluding carboxylic acids is 1. The molecule has 0 bridgehead atoms. The number of amides is 1. The van der Waals surface area contributed by atoms with E-state index in [0.717, 1.165) is 19.3 Å². The third kappa shape index (κ3) is 9.03. The monoisotopic (exact) mass is 200 g/mol. The molecular formula is C10H20N2O2. The highest BCUT2D eigenvalue weighted by atomic mass is 16.6. The first-order valence-corrected chi connectivity index (χ1v) is 4.96. The molecule has 0 unspecified atom stereocenters. The van der Waals surface area contributed by atoms with E-state index in [1.807, 2.05) is 20.8 Å². The minimum Gasteiger partial charge on any atom is -0.443 e. The van der Waals surface area contributed by atoms with Crippen molar-refractivity contribution in [3.05, 3.63) is 0 Å². The van der Waals surface area contributed by atoms with Crippen LogP contribution in [0.1, 0.15) is 47.0 Å². The normalized spacial score (nSPS) is 11.7. The Balaban J connectivity index is 3.59. The van der Waals surface area contributed by atoms with Gasteiger partial charge < -0.3 is 4.74 Å². The number of unbranched alkanes of at least 4 members (excludes halogenated alkanes) is 2. The zero-order valence-corrected chi connectivity index (χ0v) is 9.46. The van der Waals surface area contributed by atoms with Gasteiger partial charge in [-0.2, -0.15) is 5.10 Å². The van der Waals surface area contributed by atoms with E-state index in [1.165, 1.54) is 0 Å². The lowest BCUT2D eigenvalue weighted by Crippen LogP contribution is -2.29. The van der Waals surface area contributed by atoms with Crippen LogP contribution in [0.4, 0.5) is 4.79 Å². The Bertz CT molecular complexity index is 195. The molecule has 0 aromatic rings. The van der Waals surface area contributed by atoms with Gasteiger partial charge in [-0.1, -0.05) is 13.3 Å². The Morgan fingerprint density at radius 3 is 2.64 bits per heavy atom. The highest BCUT2D eigenvalue weighted by Gasteiger charge is 2.15. The molecule has 4 heteroatoms. The SMILES string of the molecule is CCCC/C=N/NC(=O)OC(C)(C)C. The summed E-state index contributed by atoms with van der Waals surface area (Å²) in [4.78, 5) is 11.0. The molecule has 0 rings (SSSR count). The van der Waals surface area contributed by atoms with Gasteiger partial charge in [0.1, 0.15) is 5.60 Å². The van der Waals surface area contributed by atoms with Crippen LogP contribution in [0.2, 0.25) is 0 Å². The molecule has 0 saturated carbocycles. The van der Waals surface area contributed by atoms with E-state index >= 15 is 0 Å². The second kappa shape index (κ2) is 6.40. The lowest BCUT2D eigenvalue weighted by molar-refractivity contribution is 0.0529. The standard InChI is InChI=1S/C10H20N2O2/c1-5-6-7-8-11-12-9(13)14-10(2,3)4/h8H,5-7H2,1-4H3,(H,12,13)/b11-8+. The molecule has 1 N–H and O–H groups in total. The van der Waals surface area contributed by atoms with Crippen LogP contribution >= 0.6 is 0 Å². The lowest BCUT2D eigenvalue weighted by Gasteiger charge is -2.18. The van der Waals surface area contributed by atoms with E-state index in [2.05, 4.69) is 17.5 Å². The van der Waals surface area contributed by atoms with Gasteiger partial charge in [0.15, 0.2) is 0 Å². The number of hydrogen-bond donors (Lipinski definition) is 1. The number of carbonyl (C=O) groups is 1. The third-order valence-electron chi connectivity index (χ3n) is 1.33. The molecule has 0 aliphatic rings. The van der Waals surface area contributed by atoms with Crippen molar-refractivity contribution in [1.29, 1.82) is 0 Å². The van der Waals surface area contributed by atoms with Crippen molar-refractivity contribution in [3.8, 4) is 0 Å². The van der Waals surface area contributed by atoms with Gasteiger partial charge in [-0.3, -0.25) is 0 Å². The van der Waals surface area contributed by atoms with Crippen LogP contribution in [-0.4, -0.2) is 17.9 Å². The van der Waals surface area contributed by atoms with E-state index in [-0.39, 0.29) is 0 Å². The van der Waals surface area contributed by atoms with Crippen LogP contribution in [0, 0.1) is 0 Å². The minimum atomic E-state index is -0.509. The fourth-order valence-electron chi connectivity index (χ4n) is 0.759. The van der Waals surface area contributed by atoms with Gasteiger partial charge in [0.2, 0.25) is 0 Å². The van der Waals surface area contributed by atoms with Gasteiger partial charge in [-0.25, -0.2) is 10.2 Å². The highest BCUT2D eigenvalue weighted by Crippen LogP contribution is 2.06. The topological polar surface area (TPSA) is 50.7 Å². The summed E-state index contributed by atoms with van der Waals surface area (Å²) < 4.78 is 4.98. The predicted octanol–water partition coefficient (Wildman–Crippen LogP) is 2.69. The maximum Gasteiger partial charge on any atom is 0.428 e. The maximum atomic E-state index is 11.0. The Kier molecular flexibility index (Phi) is 5.92. The number of hydrazone groups is 1. The molecule has 0 aliphatic carbocycles. The Morgan fingerprint density at radius 2 is 2.14 bits per heavy atom. The number of rotatable bonds is 4. The zero-order chi connectivity index (χ0) is 11.0. The summed E-state index contributed by atoms with van der Waals surface area (Å²) in [5.74, 6) is 0. The maximum absolute atomic E-state index is 11.0. The van der Waals surface area contributed by atoms with Crippen LogP contribution in [0.25, 0.3) is 0 Å². The number of hydrogen-bond acceptors (Lipinski definition) is 3. The summed E-state index contributed by atoms with van der Waals surface area (Å²) in [7, 11) is 0. The van der Waals surface area contributed by atoms with Crippen molar-refractivity contribution in [3.63, 3.8) is 0 Å². The zero-order valence-electron chi connectivity index (χ0n) is 9.46. The summed E-state index contributed by atoms with van der Waals surface area (Å²) in [5.41, 5.74) is 1.84. The molecule has 0 heterocycles. The lowest BCUT2D eigenvalue weighted by atomic mass is 10.2. The van der Waals surface area contributed by atoms with Gasteiger partial charge in [-0.05, 0) is 33.6 Å². The summed E-state index contributed by atoms with van der Waals surface area (Å²) in [6, 6.07) is 0. The molecule has 0 radical (unpaired) electrons. The predicted molar refractivity (Wildman–Crippen MR) is 57.4 cm³/mol. The van der Waals surface area contributed by atoms with Gasteiger partial charge >= 0.3 is 6.09 Å². The van der Waals surface area contributed by atoms with Crippen molar-refractivity contribution in [2.75, 3.05) is 0 Å². The van der Waals surface area contributed by atoms with E-state index in [4.69, 9.17) is 4.74 Å². The fraction of sp³-hybridized carbons (Fsp3) is 0.800. The van der Waals surface area contributed by atoms with Crippen molar-refractivity contribution >= 4 is 12.3 Å². The molecule has 0 aromatic heterocycles. The first-order chi connectivity index (χ1) is 6.45. The largest absolute Gasteiger partial charge is 0.443 e. The molecule has 0 fully saturated rings. The van der Waals surface area contributed by atoms with Crippen LogP contribution in [-0.2, 0) is 4.74 Å². The van der Waals surface area contributed by atoms with E-state index in [0.29, 0.717) is 0 Å². The van der Waals surface area contributed by atoms with E-state index in [1.54, 1.807) is 6.21 Å². The molecule has 0 spiro atoms. The van der Waals surface area contributed by atoms with Gasteiger partial charge in [0.05, 0.1) is 0 Å². The van der Waals surface area contributed by atoms with E-state index in [9.17, 15) is 4.79 Å². The summed E-state index contributed by atoms with van der Waals surface area (Å²) in [5, 5.41) is 3.74. The van der Waals surface area contributed by atoms with Crippen LogP contribution in [0.15, 0.2) is 5.10 Å². The molecule has 0 aliphatic heterocycles. The van der Waals surface area contributed by atoms with Crippen molar-refractivity contribution in [1.82, 2.24) is 5.43 Å². The smallest absolute Gasteiger partial charge is 0.428 e. The average molecular weight is 200 g/mol. The second-order valence-electron chi connectivity index (χ2n) is 4.07. The quantitative estimate of drug-likeness (QED) is 0.431. The molecule has 1 amide bonds. The van der Waals surface area contributed by atoms with Crippen molar-refractivity contribution in [2.24, 2.45) is 5.10 Å². The number of ether oxygens (including phenoxy) is 1. The first kappa shape index (κ1) is 12.9. The second-order valence-corrected chi connectivity index (χ2v) is 4.07. The minimum absolute atomic E-state index is 0.469. The van der Waals surface area contributed by atoms with Crippen molar-refractivity contribution in [2.45, 2.75) is 52.6 Å². The molecular weight excluding hydrogens is 180 g/mol. The molecule has 0 atom stereocenters. The Labute approximate surface area is 85.7 Å². The van der Waals surface area contributed by atoms with Crippen LogP contribution < -0.4 is 5.43 Å². The van der Waals surface area contributed by atoms with Gasteiger partial charge in [-0.15, -0.1) is 0 Å². The molecule has 14 heavy (non-hydrogen) atoms. The van der Waals surface area contributed by atoms with Crippen LogP contribution in [0.3, 0.4) is 0 Å². The van der Waals surface area contributed by atoms with Crippen LogP contribution in [0.5, 0.6) is 0 Å². The fourth-order valence-corrected chi connectivity index (χ4v) is 0.759. The Hall–Kier alpha value is -1.06. The van der Waals surface area contributed by atoms with Crippen molar-refractivity contribution < 1.29 is 9.53 Å². The number of nitrogens with one attached hydrogen (secondary N) is 1. The molecule has 0 saturated heterocycles. The van der Waals surface area contributed by atoms with Gasteiger partial charge in [0, 0.05) is 6.21 Å². The summed E-state index contributed by atoms with van der Waals surface area (Å²) >= 11 is 0.